The number of benzene rings is 2. The largest absolute Gasteiger partial charge is 0.497 e. The van der Waals surface area contributed by atoms with Crippen molar-refractivity contribution < 1.29 is 32.9 Å². The monoisotopic (exact) mass is 591 g/mol. The van der Waals surface area contributed by atoms with Gasteiger partial charge in [-0.3, -0.25) is 9.78 Å². The van der Waals surface area contributed by atoms with Gasteiger partial charge in [-0.2, -0.15) is 0 Å². The average Bonchev–Trinajstić information content (AvgIpc) is 2.92. The van der Waals surface area contributed by atoms with Crippen LogP contribution >= 0.6 is 11.8 Å². The lowest BCUT2D eigenvalue weighted by molar-refractivity contribution is -0.141. The Labute approximate surface area is 242 Å². The number of rotatable bonds is 12. The molecular formula is C30H36F3N3O4S. The van der Waals surface area contributed by atoms with Gasteiger partial charge in [0.05, 0.1) is 41.9 Å². The maximum atomic E-state index is 14.0. The fraction of sp³-hybridized carbons (Fsp3) is 0.467. The van der Waals surface area contributed by atoms with E-state index in [2.05, 4.69) is 9.88 Å². The molecule has 0 radical (unpaired) electrons. The van der Waals surface area contributed by atoms with E-state index in [1.54, 1.807) is 13.3 Å². The van der Waals surface area contributed by atoms with Crippen LogP contribution in [0.3, 0.4) is 0 Å². The summed E-state index contributed by atoms with van der Waals surface area (Å²) in [4.78, 5) is 20.3. The molecule has 0 bridgehead atoms. The van der Waals surface area contributed by atoms with Crippen molar-refractivity contribution in [3.8, 4) is 5.75 Å². The molecule has 2 heterocycles. The van der Waals surface area contributed by atoms with Gasteiger partial charge in [0.1, 0.15) is 23.2 Å². The van der Waals surface area contributed by atoms with E-state index in [0.29, 0.717) is 69.0 Å². The van der Waals surface area contributed by atoms with Crippen LogP contribution in [0.1, 0.15) is 43.8 Å². The number of fused-ring (bicyclic) bond motifs is 1. The number of ether oxygens (including phenoxy) is 1. The zero-order valence-electron chi connectivity index (χ0n) is 23.5. The Bertz CT molecular complexity index is 1360. The van der Waals surface area contributed by atoms with Crippen LogP contribution in [0.5, 0.6) is 5.75 Å². The standard InChI is InChI=1S/C30H36F3N3O4S/c1-35(2)25-18-34-24-5-4-20(40-3)16-21(24)28(25)26(37)6-7-30(17-27(38)39)8-10-36(11-9-30)12-13-41-29-22(32)14-19(31)15-23(29)33/h4-5,14-16,18,26,37H,6-13,17H2,1-3H3,(H,38,39)/t26-/m1/s1. The minimum atomic E-state index is -0.949. The summed E-state index contributed by atoms with van der Waals surface area (Å²) in [6.07, 6.45) is 3.05. The number of halogens is 3. The highest BCUT2D eigenvalue weighted by molar-refractivity contribution is 7.99. The molecule has 0 saturated carbocycles. The van der Waals surface area contributed by atoms with Gasteiger partial charge >= 0.3 is 5.97 Å². The van der Waals surface area contributed by atoms with Crippen molar-refractivity contribution in [2.45, 2.75) is 43.1 Å². The summed E-state index contributed by atoms with van der Waals surface area (Å²) < 4.78 is 46.5. The summed E-state index contributed by atoms with van der Waals surface area (Å²) in [6, 6.07) is 6.88. The van der Waals surface area contributed by atoms with E-state index in [-0.39, 0.29) is 11.3 Å². The Morgan fingerprint density at radius 3 is 2.46 bits per heavy atom. The van der Waals surface area contributed by atoms with E-state index in [0.717, 1.165) is 33.9 Å². The molecule has 11 heteroatoms. The van der Waals surface area contributed by atoms with E-state index >= 15 is 0 Å². The maximum Gasteiger partial charge on any atom is 0.303 e. The number of likely N-dealkylation sites (tertiary alicyclic amines) is 1. The first-order valence-corrected chi connectivity index (χ1v) is 14.5. The number of aliphatic carboxylic acids is 1. The van der Waals surface area contributed by atoms with Crippen LogP contribution < -0.4 is 9.64 Å². The van der Waals surface area contributed by atoms with Gasteiger partial charge in [0.2, 0.25) is 0 Å². The second-order valence-electron chi connectivity index (χ2n) is 10.8. The summed E-state index contributed by atoms with van der Waals surface area (Å²) in [7, 11) is 5.36. The van der Waals surface area contributed by atoms with Crippen molar-refractivity contribution in [2.24, 2.45) is 5.41 Å². The van der Waals surface area contributed by atoms with Gasteiger partial charge in [-0.1, -0.05) is 0 Å². The van der Waals surface area contributed by atoms with Gasteiger partial charge in [0, 0.05) is 49.5 Å². The van der Waals surface area contributed by atoms with Gasteiger partial charge in [-0.05, 0) is 62.4 Å². The van der Waals surface area contributed by atoms with Crippen molar-refractivity contribution in [1.82, 2.24) is 9.88 Å². The predicted molar refractivity (Wildman–Crippen MR) is 154 cm³/mol. The Hall–Kier alpha value is -3.02. The number of carboxylic acids is 1. The fourth-order valence-electron chi connectivity index (χ4n) is 5.63. The van der Waals surface area contributed by atoms with Gasteiger partial charge < -0.3 is 24.7 Å². The molecule has 4 rings (SSSR count). The number of carboxylic acid groups (broad SMARTS) is 1. The molecule has 1 aliphatic rings. The minimum absolute atomic E-state index is 0.000233. The van der Waals surface area contributed by atoms with E-state index in [4.69, 9.17) is 4.74 Å². The van der Waals surface area contributed by atoms with Crippen LogP contribution in [0.15, 0.2) is 41.4 Å². The number of carbonyl (C=O) groups is 1. The molecule has 1 aliphatic heterocycles. The summed E-state index contributed by atoms with van der Waals surface area (Å²) in [6.45, 7) is 1.83. The number of aromatic nitrogens is 1. The molecule has 41 heavy (non-hydrogen) atoms. The number of hydrogen-bond acceptors (Lipinski definition) is 7. The van der Waals surface area contributed by atoms with E-state index in [1.165, 1.54) is 0 Å². The number of piperidine rings is 1. The minimum Gasteiger partial charge on any atom is -0.497 e. The number of aliphatic hydroxyl groups is 1. The highest BCUT2D eigenvalue weighted by Gasteiger charge is 2.37. The number of thioether (sulfide) groups is 1. The third kappa shape index (κ3) is 7.44. The van der Waals surface area contributed by atoms with Crippen molar-refractivity contribution >= 4 is 34.3 Å². The Morgan fingerprint density at radius 2 is 1.85 bits per heavy atom. The van der Waals surface area contributed by atoms with Crippen LogP contribution in [0.4, 0.5) is 18.9 Å². The van der Waals surface area contributed by atoms with E-state index in [1.807, 2.05) is 37.2 Å². The molecule has 1 atom stereocenters. The van der Waals surface area contributed by atoms with Crippen LogP contribution in [-0.2, 0) is 4.79 Å². The van der Waals surface area contributed by atoms with Gasteiger partial charge in [-0.25, -0.2) is 13.2 Å². The predicted octanol–water partition coefficient (Wildman–Crippen LogP) is 5.89. The van der Waals surface area contributed by atoms with Gasteiger partial charge in [0.25, 0.3) is 0 Å². The Kier molecular flexibility index (Phi) is 10.0. The van der Waals surface area contributed by atoms with E-state index in [9.17, 15) is 28.2 Å². The Morgan fingerprint density at radius 1 is 1.17 bits per heavy atom. The number of anilines is 1. The third-order valence-corrected chi connectivity index (χ3v) is 8.98. The fourth-order valence-corrected chi connectivity index (χ4v) is 6.58. The molecule has 0 unspecified atom stereocenters. The molecule has 1 saturated heterocycles. The van der Waals surface area contributed by atoms with Crippen molar-refractivity contribution in [1.29, 1.82) is 0 Å². The molecule has 3 aromatic rings. The zero-order chi connectivity index (χ0) is 29.7. The number of pyridine rings is 1. The second-order valence-corrected chi connectivity index (χ2v) is 12.0. The third-order valence-electron chi connectivity index (χ3n) is 7.92. The van der Waals surface area contributed by atoms with Crippen molar-refractivity contribution in [2.75, 3.05) is 51.5 Å². The summed E-state index contributed by atoms with van der Waals surface area (Å²) in [5.74, 6) is -2.59. The molecular weight excluding hydrogens is 555 g/mol. The number of aliphatic hydroxyl groups excluding tert-OH is 1. The second kappa shape index (κ2) is 13.3. The smallest absolute Gasteiger partial charge is 0.303 e. The first kappa shape index (κ1) is 30.9. The summed E-state index contributed by atoms with van der Waals surface area (Å²) in [5.41, 5.74) is 1.77. The lowest BCUT2D eigenvalue weighted by Gasteiger charge is -2.41. The number of nitrogens with zero attached hydrogens (tertiary/aromatic N) is 3. The lowest BCUT2D eigenvalue weighted by atomic mass is 9.71. The number of hydrogen-bond donors (Lipinski definition) is 2. The Balaban J connectivity index is 1.43. The molecule has 0 amide bonds. The SMILES string of the molecule is COc1ccc2ncc(N(C)C)c([C@H](O)CCC3(CC(=O)O)CCN(CCSc4c(F)cc(F)cc4F)CC3)c2c1. The maximum absolute atomic E-state index is 14.0. The van der Waals surface area contributed by atoms with Crippen LogP contribution in [0.2, 0.25) is 0 Å². The lowest BCUT2D eigenvalue weighted by Crippen LogP contribution is -2.42. The van der Waals surface area contributed by atoms with Crippen molar-refractivity contribution in [3.05, 3.63) is 59.5 Å². The highest BCUT2D eigenvalue weighted by Crippen LogP contribution is 2.43. The molecule has 0 aliphatic carbocycles. The quantitative estimate of drug-likeness (QED) is 0.252. The molecule has 0 spiro atoms. The first-order chi connectivity index (χ1) is 19.5. The molecule has 222 valence electrons. The zero-order valence-corrected chi connectivity index (χ0v) is 24.3. The summed E-state index contributed by atoms with van der Waals surface area (Å²) >= 11 is 1.00. The van der Waals surface area contributed by atoms with Crippen LogP contribution in [0, 0.1) is 22.9 Å². The van der Waals surface area contributed by atoms with E-state index < -0.39 is 34.9 Å². The molecule has 7 nitrogen and oxygen atoms in total. The molecule has 1 aromatic heterocycles. The normalized spacial score (nSPS) is 16.1. The first-order valence-electron chi connectivity index (χ1n) is 13.6. The number of methoxy groups -OCH3 is 1. The molecule has 1 fully saturated rings. The average molecular weight is 592 g/mol. The highest BCUT2D eigenvalue weighted by atomic mass is 32.2. The molecule has 2 N–H and O–H groups in total. The summed E-state index contributed by atoms with van der Waals surface area (Å²) in [5, 5.41) is 22.0. The van der Waals surface area contributed by atoms with Gasteiger partial charge in [-0.15, -0.1) is 11.8 Å². The van der Waals surface area contributed by atoms with Crippen LogP contribution in [0.25, 0.3) is 10.9 Å². The van der Waals surface area contributed by atoms with Crippen LogP contribution in [-0.4, -0.2) is 72.7 Å². The van der Waals surface area contributed by atoms with Crippen molar-refractivity contribution in [3.63, 3.8) is 0 Å². The topological polar surface area (TPSA) is 86.1 Å². The van der Waals surface area contributed by atoms with Gasteiger partial charge in [0.15, 0.2) is 0 Å². The molecule has 2 aromatic carbocycles.